The lowest BCUT2D eigenvalue weighted by atomic mass is 10.1. The third-order valence-electron chi connectivity index (χ3n) is 3.75. The second-order valence-electron chi connectivity index (χ2n) is 5.12. The predicted octanol–water partition coefficient (Wildman–Crippen LogP) is 1.09. The maximum Gasteiger partial charge on any atom is 0.266 e. The fourth-order valence-corrected chi connectivity index (χ4v) is 2.69. The standard InChI is InChI=1S/C15H18N2O5/c1-2-22-16-14(18)11-4-3-7-17(11)15(19)10-5-6-12-13(8-10)21-9-20-12/h5-6,8,11H,2-4,7,9H2,1H3,(H,16,18). The molecule has 0 spiro atoms. The Hall–Kier alpha value is -2.28. The molecule has 1 aromatic rings. The highest BCUT2D eigenvalue weighted by Gasteiger charge is 2.35. The molecule has 2 amide bonds. The largest absolute Gasteiger partial charge is 0.454 e. The number of fused-ring (bicyclic) bond motifs is 1. The smallest absolute Gasteiger partial charge is 0.266 e. The van der Waals surface area contributed by atoms with Gasteiger partial charge in [0.25, 0.3) is 11.8 Å². The highest BCUT2D eigenvalue weighted by atomic mass is 16.7. The number of nitrogens with zero attached hydrogens (tertiary/aromatic N) is 1. The Balaban J connectivity index is 1.74. The average molecular weight is 306 g/mol. The zero-order chi connectivity index (χ0) is 15.5. The van der Waals surface area contributed by atoms with Gasteiger partial charge in [0, 0.05) is 12.1 Å². The molecule has 1 atom stereocenters. The monoisotopic (exact) mass is 306 g/mol. The molecule has 2 heterocycles. The number of rotatable bonds is 4. The number of carbonyl (C=O) groups excluding carboxylic acids is 2. The summed E-state index contributed by atoms with van der Waals surface area (Å²) in [6.07, 6.45) is 1.43. The molecule has 0 bridgehead atoms. The number of nitrogens with one attached hydrogen (secondary N) is 1. The van der Waals surface area contributed by atoms with E-state index in [0.29, 0.717) is 36.6 Å². The van der Waals surface area contributed by atoms with Crippen molar-refractivity contribution < 1.29 is 23.9 Å². The van der Waals surface area contributed by atoms with Crippen molar-refractivity contribution in [2.24, 2.45) is 0 Å². The molecule has 2 aliphatic heterocycles. The average Bonchev–Trinajstić information content (AvgIpc) is 3.19. The van der Waals surface area contributed by atoms with Crippen LogP contribution in [0.1, 0.15) is 30.1 Å². The summed E-state index contributed by atoms with van der Waals surface area (Å²) in [6.45, 7) is 2.88. The summed E-state index contributed by atoms with van der Waals surface area (Å²) in [5, 5.41) is 0. The topological polar surface area (TPSA) is 77.1 Å². The zero-order valence-electron chi connectivity index (χ0n) is 12.3. The quantitative estimate of drug-likeness (QED) is 0.843. The van der Waals surface area contributed by atoms with Crippen molar-refractivity contribution in [2.75, 3.05) is 19.9 Å². The summed E-state index contributed by atoms with van der Waals surface area (Å²) in [5.74, 6) is 0.713. The van der Waals surface area contributed by atoms with Crippen molar-refractivity contribution in [3.63, 3.8) is 0 Å². The summed E-state index contributed by atoms with van der Waals surface area (Å²) in [7, 11) is 0. The summed E-state index contributed by atoms with van der Waals surface area (Å²) < 4.78 is 10.5. The van der Waals surface area contributed by atoms with Crippen molar-refractivity contribution in [2.45, 2.75) is 25.8 Å². The molecule has 3 rings (SSSR count). The van der Waals surface area contributed by atoms with Crippen molar-refractivity contribution in [1.82, 2.24) is 10.4 Å². The molecule has 118 valence electrons. The Morgan fingerprint density at radius 2 is 2.18 bits per heavy atom. The Bertz CT molecular complexity index is 589. The lowest BCUT2D eigenvalue weighted by Gasteiger charge is -2.23. The van der Waals surface area contributed by atoms with Gasteiger partial charge in [-0.15, -0.1) is 0 Å². The molecule has 1 unspecified atom stereocenters. The number of amides is 2. The summed E-state index contributed by atoms with van der Waals surface area (Å²) >= 11 is 0. The van der Waals surface area contributed by atoms with Gasteiger partial charge in [-0.3, -0.25) is 14.4 Å². The summed E-state index contributed by atoms with van der Waals surface area (Å²) in [5.41, 5.74) is 2.86. The van der Waals surface area contributed by atoms with E-state index in [1.807, 2.05) is 0 Å². The Kier molecular flexibility index (Phi) is 4.15. The number of hydrogen-bond acceptors (Lipinski definition) is 5. The number of hydrogen-bond donors (Lipinski definition) is 1. The van der Waals surface area contributed by atoms with Crippen LogP contribution in [0.3, 0.4) is 0 Å². The van der Waals surface area contributed by atoms with Crippen LogP contribution >= 0.6 is 0 Å². The first-order chi connectivity index (χ1) is 10.7. The molecule has 1 fully saturated rings. The molecule has 0 aliphatic carbocycles. The maximum atomic E-state index is 12.6. The van der Waals surface area contributed by atoms with Gasteiger partial charge in [0.05, 0.1) is 6.61 Å². The van der Waals surface area contributed by atoms with Crippen LogP contribution < -0.4 is 15.0 Å². The summed E-state index contributed by atoms with van der Waals surface area (Å²) in [6, 6.07) is 4.55. The van der Waals surface area contributed by atoms with Crippen molar-refractivity contribution in [1.29, 1.82) is 0 Å². The van der Waals surface area contributed by atoms with Crippen LogP contribution in [0.25, 0.3) is 0 Å². The van der Waals surface area contributed by atoms with E-state index < -0.39 is 6.04 Å². The Labute approximate surface area is 128 Å². The van der Waals surface area contributed by atoms with Crippen LogP contribution in [0.4, 0.5) is 0 Å². The van der Waals surface area contributed by atoms with E-state index >= 15 is 0 Å². The second-order valence-corrected chi connectivity index (χ2v) is 5.12. The molecule has 1 N–H and O–H groups in total. The third kappa shape index (κ3) is 2.71. The number of likely N-dealkylation sites (tertiary alicyclic amines) is 1. The van der Waals surface area contributed by atoms with Gasteiger partial charge in [0.2, 0.25) is 6.79 Å². The number of hydroxylamine groups is 1. The molecule has 7 heteroatoms. The van der Waals surface area contributed by atoms with Gasteiger partial charge in [-0.1, -0.05) is 0 Å². The number of carbonyl (C=O) groups is 2. The van der Waals surface area contributed by atoms with Gasteiger partial charge in [-0.25, -0.2) is 5.48 Å². The van der Waals surface area contributed by atoms with E-state index in [1.165, 1.54) is 0 Å². The second kappa shape index (κ2) is 6.23. The Morgan fingerprint density at radius 3 is 3.00 bits per heavy atom. The highest BCUT2D eigenvalue weighted by molar-refractivity contribution is 5.98. The number of ether oxygens (including phenoxy) is 2. The predicted molar refractivity (Wildman–Crippen MR) is 76.4 cm³/mol. The first-order valence-corrected chi connectivity index (χ1v) is 7.33. The molecular weight excluding hydrogens is 288 g/mol. The first-order valence-electron chi connectivity index (χ1n) is 7.33. The van der Waals surface area contributed by atoms with Crippen molar-refractivity contribution in [3.05, 3.63) is 23.8 Å². The molecular formula is C15H18N2O5. The van der Waals surface area contributed by atoms with E-state index in [2.05, 4.69) is 5.48 Å². The number of benzene rings is 1. The van der Waals surface area contributed by atoms with Crippen LogP contribution in [0.2, 0.25) is 0 Å². The van der Waals surface area contributed by atoms with Gasteiger partial charge < -0.3 is 14.4 Å². The maximum absolute atomic E-state index is 12.6. The van der Waals surface area contributed by atoms with Crippen LogP contribution in [0, 0.1) is 0 Å². The van der Waals surface area contributed by atoms with E-state index in [1.54, 1.807) is 30.0 Å². The molecule has 0 saturated carbocycles. The molecule has 0 radical (unpaired) electrons. The first kappa shape index (κ1) is 14.6. The van der Waals surface area contributed by atoms with E-state index in [0.717, 1.165) is 6.42 Å². The lowest BCUT2D eigenvalue weighted by Crippen LogP contribution is -2.45. The van der Waals surface area contributed by atoms with E-state index in [9.17, 15) is 9.59 Å². The molecule has 0 aromatic heterocycles. The van der Waals surface area contributed by atoms with Gasteiger partial charge in [0.15, 0.2) is 11.5 Å². The van der Waals surface area contributed by atoms with Crippen LogP contribution in [-0.2, 0) is 9.63 Å². The Morgan fingerprint density at radius 1 is 1.36 bits per heavy atom. The van der Waals surface area contributed by atoms with Gasteiger partial charge in [-0.2, -0.15) is 0 Å². The van der Waals surface area contributed by atoms with Crippen LogP contribution in [-0.4, -0.2) is 42.7 Å². The molecule has 1 saturated heterocycles. The zero-order valence-corrected chi connectivity index (χ0v) is 12.3. The molecule has 1 aromatic carbocycles. The van der Waals surface area contributed by atoms with Crippen molar-refractivity contribution >= 4 is 11.8 Å². The normalized spacial score (nSPS) is 19.3. The van der Waals surface area contributed by atoms with E-state index in [-0.39, 0.29) is 18.6 Å². The lowest BCUT2D eigenvalue weighted by molar-refractivity contribution is -0.137. The molecule has 2 aliphatic rings. The SMILES string of the molecule is CCONC(=O)C1CCCN1C(=O)c1ccc2c(c1)OCO2. The third-order valence-corrected chi connectivity index (χ3v) is 3.75. The minimum Gasteiger partial charge on any atom is -0.454 e. The van der Waals surface area contributed by atoms with Gasteiger partial charge in [0.1, 0.15) is 6.04 Å². The summed E-state index contributed by atoms with van der Waals surface area (Å²) in [4.78, 5) is 31.2. The molecule has 7 nitrogen and oxygen atoms in total. The van der Waals surface area contributed by atoms with Crippen LogP contribution in [0.15, 0.2) is 18.2 Å². The van der Waals surface area contributed by atoms with Crippen molar-refractivity contribution in [3.8, 4) is 11.5 Å². The fourth-order valence-electron chi connectivity index (χ4n) is 2.69. The minimum atomic E-state index is -0.496. The van der Waals surface area contributed by atoms with Crippen LogP contribution in [0.5, 0.6) is 11.5 Å². The minimum absolute atomic E-state index is 0.163. The van der Waals surface area contributed by atoms with Gasteiger partial charge >= 0.3 is 0 Å². The fraction of sp³-hybridized carbons (Fsp3) is 0.467. The highest BCUT2D eigenvalue weighted by Crippen LogP contribution is 2.33. The van der Waals surface area contributed by atoms with Gasteiger partial charge in [-0.05, 0) is 38.0 Å². The molecule has 22 heavy (non-hydrogen) atoms. The van der Waals surface area contributed by atoms with E-state index in [4.69, 9.17) is 14.3 Å².